The number of hydrogen-bond acceptors (Lipinski definition) is 5. The molecule has 1 aliphatic rings. The minimum Gasteiger partial charge on any atom is -0.376 e. The second-order valence-corrected chi connectivity index (χ2v) is 10.3. The van der Waals surface area contributed by atoms with Gasteiger partial charge in [-0.05, 0) is 43.7 Å². The molecule has 154 valence electrons. The van der Waals surface area contributed by atoms with E-state index in [-0.39, 0.29) is 5.56 Å². The average molecular weight is 435 g/mol. The first-order valence-corrected chi connectivity index (χ1v) is 10.9. The summed E-state index contributed by atoms with van der Waals surface area (Å²) in [7, 11) is -3.52. The minimum atomic E-state index is -4.77. The molecule has 1 N–H and O–H groups in total. The third-order valence-electron chi connectivity index (χ3n) is 4.90. The van der Waals surface area contributed by atoms with Gasteiger partial charge in [0.25, 0.3) is 10.0 Å². The van der Waals surface area contributed by atoms with Crippen molar-refractivity contribution in [2.45, 2.75) is 29.8 Å². The van der Waals surface area contributed by atoms with Crippen molar-refractivity contribution in [2.24, 2.45) is 0 Å². The fraction of sp³-hybridized carbons (Fsp3) is 0.444. The second kappa shape index (κ2) is 7.33. The van der Waals surface area contributed by atoms with Crippen LogP contribution in [0.4, 0.5) is 18.9 Å². The Hall–Kier alpha value is -1.62. The maximum absolute atomic E-state index is 12.9. The van der Waals surface area contributed by atoms with Crippen molar-refractivity contribution in [3.8, 4) is 0 Å². The maximum Gasteiger partial charge on any atom is 0.421 e. The summed E-state index contributed by atoms with van der Waals surface area (Å²) in [5.74, 6) is 0. The molecule has 1 unspecified atom stereocenters. The molecule has 28 heavy (non-hydrogen) atoms. The molecular formula is C18H21F3N2O3S2. The zero-order valence-electron chi connectivity index (χ0n) is 15.4. The quantitative estimate of drug-likeness (QED) is 0.802. The fourth-order valence-electron chi connectivity index (χ4n) is 3.03. The summed E-state index contributed by atoms with van der Waals surface area (Å²) in [4.78, 5) is 2.84. The molecule has 0 spiro atoms. The maximum atomic E-state index is 12.9. The predicted molar refractivity (Wildman–Crippen MR) is 102 cm³/mol. The van der Waals surface area contributed by atoms with Crippen molar-refractivity contribution >= 4 is 27.0 Å². The van der Waals surface area contributed by atoms with Crippen molar-refractivity contribution in [3.05, 3.63) is 46.8 Å². The lowest BCUT2D eigenvalue weighted by atomic mass is 9.95. The van der Waals surface area contributed by atoms with Crippen LogP contribution in [-0.4, -0.2) is 50.2 Å². The summed E-state index contributed by atoms with van der Waals surface area (Å²) in [6.45, 7) is 4.01. The van der Waals surface area contributed by atoms with E-state index < -0.39 is 21.8 Å². The molecule has 3 rings (SSSR count). The van der Waals surface area contributed by atoms with Gasteiger partial charge in [0.2, 0.25) is 0 Å². The van der Waals surface area contributed by atoms with E-state index in [1.807, 2.05) is 11.8 Å². The molecule has 0 aliphatic carbocycles. The lowest BCUT2D eigenvalue weighted by molar-refractivity contribution is -0.258. The van der Waals surface area contributed by atoms with E-state index in [4.69, 9.17) is 0 Å². The van der Waals surface area contributed by atoms with E-state index in [0.717, 1.165) is 11.8 Å². The number of alkyl halides is 3. The Morgan fingerprint density at radius 3 is 2.04 bits per heavy atom. The van der Waals surface area contributed by atoms with Crippen LogP contribution >= 0.6 is 11.3 Å². The number of rotatable bonds is 4. The highest BCUT2D eigenvalue weighted by Gasteiger charge is 2.51. The van der Waals surface area contributed by atoms with Gasteiger partial charge < -0.3 is 10.0 Å². The highest BCUT2D eigenvalue weighted by atomic mass is 32.2. The van der Waals surface area contributed by atoms with Crippen LogP contribution in [0.2, 0.25) is 0 Å². The van der Waals surface area contributed by atoms with Gasteiger partial charge in [0.15, 0.2) is 5.60 Å². The molecule has 1 fully saturated rings. The Bertz CT molecular complexity index is 930. The molecule has 1 aromatic heterocycles. The van der Waals surface area contributed by atoms with Crippen molar-refractivity contribution < 1.29 is 26.7 Å². The lowest BCUT2D eigenvalue weighted by Crippen LogP contribution is -2.48. The van der Waals surface area contributed by atoms with Crippen LogP contribution in [0.15, 0.2) is 40.6 Å². The largest absolute Gasteiger partial charge is 0.421 e. The average Bonchev–Trinajstić information content (AvgIpc) is 3.08. The van der Waals surface area contributed by atoms with Gasteiger partial charge in [-0.15, -0.1) is 11.3 Å². The molecular weight excluding hydrogens is 413 g/mol. The van der Waals surface area contributed by atoms with Gasteiger partial charge in [-0.3, -0.25) is 0 Å². The third kappa shape index (κ3) is 3.91. The molecule has 2 heterocycles. The summed E-state index contributed by atoms with van der Waals surface area (Å²) >= 11 is 1.23. The van der Waals surface area contributed by atoms with Gasteiger partial charge in [0.05, 0.1) is 0 Å². The highest BCUT2D eigenvalue weighted by Crippen LogP contribution is 2.39. The Morgan fingerprint density at radius 2 is 1.57 bits per heavy atom. The monoisotopic (exact) mass is 434 g/mol. The third-order valence-corrected chi connectivity index (χ3v) is 8.26. The van der Waals surface area contributed by atoms with Crippen molar-refractivity contribution in [1.82, 2.24) is 4.31 Å². The first-order valence-electron chi connectivity index (χ1n) is 8.64. The van der Waals surface area contributed by atoms with E-state index >= 15 is 0 Å². The summed E-state index contributed by atoms with van der Waals surface area (Å²) in [6.07, 6.45) is -4.77. The van der Waals surface area contributed by atoms with E-state index in [9.17, 15) is 26.7 Å². The molecule has 0 bridgehead atoms. The van der Waals surface area contributed by atoms with Gasteiger partial charge >= 0.3 is 6.18 Å². The van der Waals surface area contributed by atoms with Crippen LogP contribution in [0.5, 0.6) is 0 Å². The van der Waals surface area contributed by atoms with E-state index in [2.05, 4.69) is 0 Å². The van der Waals surface area contributed by atoms with Crippen LogP contribution in [0.25, 0.3) is 0 Å². The Labute approximate surface area is 166 Å². The van der Waals surface area contributed by atoms with Gasteiger partial charge in [-0.2, -0.15) is 17.5 Å². The van der Waals surface area contributed by atoms with Crippen molar-refractivity contribution in [2.75, 3.05) is 31.1 Å². The standard InChI is InChI=1S/C18H21F3N2O3S2/c1-13-3-8-16(27-13)28(25,26)23-11-9-22(10-12-23)15-6-4-14(5-7-15)17(2,24)18(19,20)21/h3-8,24H,9-12H2,1-2H3. The number of thiophene rings is 1. The van der Waals surface area contributed by atoms with Gasteiger partial charge in [0.1, 0.15) is 4.21 Å². The molecule has 1 aromatic carbocycles. The Kier molecular flexibility index (Phi) is 5.52. The predicted octanol–water partition coefficient (Wildman–Crippen LogP) is 3.34. The number of anilines is 1. The summed E-state index contributed by atoms with van der Waals surface area (Å²) in [6, 6.07) is 8.91. The van der Waals surface area contributed by atoms with E-state index in [0.29, 0.717) is 36.1 Å². The number of aryl methyl sites for hydroxylation is 1. The molecule has 0 amide bonds. The zero-order chi connectivity index (χ0) is 20.7. The number of sulfonamides is 1. The number of halogens is 3. The number of aliphatic hydroxyl groups is 1. The van der Waals surface area contributed by atoms with Crippen LogP contribution in [0.3, 0.4) is 0 Å². The summed E-state index contributed by atoms with van der Waals surface area (Å²) < 4.78 is 65.9. The molecule has 5 nitrogen and oxygen atoms in total. The summed E-state index contributed by atoms with van der Waals surface area (Å²) in [5.41, 5.74) is -2.47. The topological polar surface area (TPSA) is 60.9 Å². The zero-order valence-corrected chi connectivity index (χ0v) is 17.0. The normalized spacial score (nSPS) is 18.9. The molecule has 1 atom stereocenters. The Balaban J connectivity index is 1.69. The van der Waals surface area contributed by atoms with Crippen molar-refractivity contribution in [1.29, 1.82) is 0 Å². The van der Waals surface area contributed by atoms with Crippen LogP contribution in [-0.2, 0) is 15.6 Å². The fourth-order valence-corrected chi connectivity index (χ4v) is 5.88. The number of benzene rings is 1. The highest BCUT2D eigenvalue weighted by molar-refractivity contribution is 7.91. The molecule has 10 heteroatoms. The number of nitrogens with zero attached hydrogens (tertiary/aromatic N) is 2. The van der Waals surface area contributed by atoms with Crippen LogP contribution < -0.4 is 4.90 Å². The smallest absolute Gasteiger partial charge is 0.376 e. The first kappa shape index (κ1) is 21.1. The minimum absolute atomic E-state index is 0.238. The van der Waals surface area contributed by atoms with Gasteiger partial charge in [0, 0.05) is 36.7 Å². The Morgan fingerprint density at radius 1 is 1.00 bits per heavy atom. The SMILES string of the molecule is Cc1ccc(S(=O)(=O)N2CCN(c3ccc(C(C)(O)C(F)(F)F)cc3)CC2)s1. The first-order chi connectivity index (χ1) is 12.9. The molecule has 1 saturated heterocycles. The molecule has 0 radical (unpaired) electrons. The van der Waals surface area contributed by atoms with Gasteiger partial charge in [-0.1, -0.05) is 12.1 Å². The van der Waals surface area contributed by atoms with Crippen molar-refractivity contribution in [3.63, 3.8) is 0 Å². The van der Waals surface area contributed by atoms with Crippen LogP contribution in [0.1, 0.15) is 17.4 Å². The summed E-state index contributed by atoms with van der Waals surface area (Å²) in [5, 5.41) is 9.75. The molecule has 2 aromatic rings. The molecule has 0 saturated carbocycles. The van der Waals surface area contributed by atoms with E-state index in [1.165, 1.54) is 39.9 Å². The van der Waals surface area contributed by atoms with Gasteiger partial charge in [-0.25, -0.2) is 8.42 Å². The van der Waals surface area contributed by atoms with Crippen LogP contribution in [0, 0.1) is 6.92 Å². The molecule has 1 aliphatic heterocycles. The second-order valence-electron chi connectivity index (χ2n) is 6.87. The number of hydrogen-bond donors (Lipinski definition) is 1. The van der Waals surface area contributed by atoms with E-state index in [1.54, 1.807) is 12.1 Å². The lowest BCUT2D eigenvalue weighted by Gasteiger charge is -2.35. The number of piperazine rings is 1.